The minimum atomic E-state index is -0.280. The van der Waals surface area contributed by atoms with E-state index in [0.717, 1.165) is 0 Å². The van der Waals surface area contributed by atoms with Crippen LogP contribution in [0.2, 0.25) is 0 Å². The monoisotopic (exact) mass is 323 g/mol. The number of carbonyl (C=O) groups is 2. The standard InChI is InChI=1S/C17H26FN3O2/c1-5-21(11-17(23)20-12(2)3)10-16(22)19-9-14-7-6-13(4)15(18)8-14/h6-8,12H,5,9-11H2,1-4H3,(H,19,22)(H,20,23). The lowest BCUT2D eigenvalue weighted by atomic mass is 10.1. The predicted molar refractivity (Wildman–Crippen MR) is 88.4 cm³/mol. The molecular weight excluding hydrogens is 297 g/mol. The third-order valence-electron chi connectivity index (χ3n) is 3.36. The highest BCUT2D eigenvalue weighted by atomic mass is 19.1. The lowest BCUT2D eigenvalue weighted by Crippen LogP contribution is -2.44. The maximum Gasteiger partial charge on any atom is 0.234 e. The van der Waals surface area contributed by atoms with Crippen molar-refractivity contribution in [1.82, 2.24) is 15.5 Å². The molecule has 1 aromatic rings. The topological polar surface area (TPSA) is 61.4 Å². The Balaban J connectivity index is 2.44. The summed E-state index contributed by atoms with van der Waals surface area (Å²) in [6, 6.07) is 4.97. The molecular formula is C17H26FN3O2. The first-order valence-corrected chi connectivity index (χ1v) is 7.85. The van der Waals surface area contributed by atoms with E-state index in [9.17, 15) is 14.0 Å². The summed E-state index contributed by atoms with van der Waals surface area (Å²) < 4.78 is 13.5. The molecule has 0 aliphatic heterocycles. The van der Waals surface area contributed by atoms with Gasteiger partial charge in [-0.2, -0.15) is 0 Å². The smallest absolute Gasteiger partial charge is 0.234 e. The fraction of sp³-hybridized carbons (Fsp3) is 0.529. The van der Waals surface area contributed by atoms with Gasteiger partial charge in [0.15, 0.2) is 0 Å². The van der Waals surface area contributed by atoms with Crippen molar-refractivity contribution in [3.63, 3.8) is 0 Å². The second-order valence-electron chi connectivity index (χ2n) is 5.89. The molecule has 5 nitrogen and oxygen atoms in total. The summed E-state index contributed by atoms with van der Waals surface area (Å²) in [5, 5.41) is 5.54. The number of amides is 2. The minimum Gasteiger partial charge on any atom is -0.353 e. The molecule has 1 aromatic carbocycles. The first-order valence-electron chi connectivity index (χ1n) is 7.85. The quantitative estimate of drug-likeness (QED) is 0.764. The van der Waals surface area contributed by atoms with Crippen molar-refractivity contribution in [3.05, 3.63) is 35.1 Å². The molecule has 0 saturated heterocycles. The van der Waals surface area contributed by atoms with Gasteiger partial charge in [0.2, 0.25) is 11.8 Å². The summed E-state index contributed by atoms with van der Waals surface area (Å²) in [5.41, 5.74) is 1.29. The van der Waals surface area contributed by atoms with Crippen LogP contribution in [0.25, 0.3) is 0 Å². The number of hydrogen-bond acceptors (Lipinski definition) is 3. The summed E-state index contributed by atoms with van der Waals surface area (Å²) in [5.74, 6) is -0.572. The van der Waals surface area contributed by atoms with Crippen molar-refractivity contribution in [2.45, 2.75) is 40.3 Å². The van der Waals surface area contributed by atoms with Gasteiger partial charge < -0.3 is 10.6 Å². The molecule has 6 heteroatoms. The predicted octanol–water partition coefficient (Wildman–Crippen LogP) is 1.60. The van der Waals surface area contributed by atoms with Gasteiger partial charge in [-0.1, -0.05) is 19.1 Å². The van der Waals surface area contributed by atoms with E-state index in [2.05, 4.69) is 10.6 Å². The average Bonchev–Trinajstić information content (AvgIpc) is 2.47. The van der Waals surface area contributed by atoms with E-state index in [1.807, 2.05) is 20.8 Å². The Kier molecular flexibility index (Phi) is 7.68. The molecule has 0 aliphatic rings. The van der Waals surface area contributed by atoms with Crippen LogP contribution >= 0.6 is 0 Å². The molecule has 0 fully saturated rings. The molecule has 0 radical (unpaired) electrons. The summed E-state index contributed by atoms with van der Waals surface area (Å²) in [6.45, 7) is 8.55. The maximum absolute atomic E-state index is 13.5. The molecule has 0 atom stereocenters. The molecule has 0 bridgehead atoms. The van der Waals surface area contributed by atoms with Crippen molar-refractivity contribution < 1.29 is 14.0 Å². The number of halogens is 1. The van der Waals surface area contributed by atoms with Crippen LogP contribution < -0.4 is 10.6 Å². The van der Waals surface area contributed by atoms with Crippen LogP contribution in [0, 0.1) is 12.7 Å². The Bertz CT molecular complexity index is 547. The fourth-order valence-electron chi connectivity index (χ4n) is 2.06. The van der Waals surface area contributed by atoms with Crippen molar-refractivity contribution in [2.75, 3.05) is 19.6 Å². The highest BCUT2D eigenvalue weighted by molar-refractivity contribution is 5.81. The Morgan fingerprint density at radius 3 is 2.43 bits per heavy atom. The van der Waals surface area contributed by atoms with Gasteiger partial charge in [0.1, 0.15) is 5.82 Å². The van der Waals surface area contributed by atoms with E-state index in [4.69, 9.17) is 0 Å². The maximum atomic E-state index is 13.5. The van der Waals surface area contributed by atoms with E-state index >= 15 is 0 Å². The highest BCUT2D eigenvalue weighted by Crippen LogP contribution is 2.08. The van der Waals surface area contributed by atoms with Crippen molar-refractivity contribution >= 4 is 11.8 Å². The molecule has 0 aromatic heterocycles. The third kappa shape index (κ3) is 7.23. The number of aryl methyl sites for hydroxylation is 1. The Hall–Kier alpha value is -1.95. The van der Waals surface area contributed by atoms with E-state index in [0.29, 0.717) is 17.7 Å². The number of carbonyl (C=O) groups excluding carboxylic acids is 2. The Morgan fingerprint density at radius 2 is 1.87 bits per heavy atom. The SMILES string of the molecule is CCN(CC(=O)NCc1ccc(C)c(F)c1)CC(=O)NC(C)C. The second-order valence-corrected chi connectivity index (χ2v) is 5.89. The van der Waals surface area contributed by atoms with Gasteiger partial charge in [-0.15, -0.1) is 0 Å². The van der Waals surface area contributed by atoms with E-state index in [1.165, 1.54) is 6.07 Å². The average molecular weight is 323 g/mol. The summed E-state index contributed by atoms with van der Waals surface area (Å²) in [7, 11) is 0. The van der Waals surface area contributed by atoms with Crippen LogP contribution in [0.4, 0.5) is 4.39 Å². The van der Waals surface area contributed by atoms with E-state index < -0.39 is 0 Å². The number of likely N-dealkylation sites (N-methyl/N-ethyl adjacent to an activating group) is 1. The van der Waals surface area contributed by atoms with E-state index in [-0.39, 0.29) is 43.3 Å². The van der Waals surface area contributed by atoms with E-state index in [1.54, 1.807) is 24.0 Å². The second kappa shape index (κ2) is 9.25. The molecule has 23 heavy (non-hydrogen) atoms. The van der Waals surface area contributed by atoms with Crippen LogP contribution in [0.3, 0.4) is 0 Å². The van der Waals surface area contributed by atoms with Crippen LogP contribution in [-0.2, 0) is 16.1 Å². The molecule has 128 valence electrons. The lowest BCUT2D eigenvalue weighted by molar-refractivity contribution is -0.125. The molecule has 2 amide bonds. The van der Waals surface area contributed by atoms with Gasteiger partial charge in [-0.05, 0) is 44.5 Å². The van der Waals surface area contributed by atoms with Crippen LogP contribution in [0.15, 0.2) is 18.2 Å². The number of rotatable bonds is 8. The molecule has 2 N–H and O–H groups in total. The first-order chi connectivity index (χ1) is 10.8. The minimum absolute atomic E-state index is 0.0754. The summed E-state index contributed by atoms with van der Waals surface area (Å²) in [6.07, 6.45) is 0. The Labute approximate surface area is 137 Å². The summed E-state index contributed by atoms with van der Waals surface area (Å²) >= 11 is 0. The van der Waals surface area contributed by atoms with Crippen LogP contribution in [0.5, 0.6) is 0 Å². The highest BCUT2D eigenvalue weighted by Gasteiger charge is 2.13. The number of hydrogen-bond donors (Lipinski definition) is 2. The van der Waals surface area contributed by atoms with Crippen molar-refractivity contribution in [2.24, 2.45) is 0 Å². The van der Waals surface area contributed by atoms with Crippen LogP contribution in [-0.4, -0.2) is 42.4 Å². The zero-order valence-electron chi connectivity index (χ0n) is 14.3. The van der Waals surface area contributed by atoms with Gasteiger partial charge in [0.25, 0.3) is 0 Å². The first kappa shape index (κ1) is 19.1. The van der Waals surface area contributed by atoms with Gasteiger partial charge in [0, 0.05) is 12.6 Å². The third-order valence-corrected chi connectivity index (χ3v) is 3.36. The number of nitrogens with one attached hydrogen (secondary N) is 2. The van der Waals surface area contributed by atoms with Crippen molar-refractivity contribution in [3.8, 4) is 0 Å². The molecule has 0 aliphatic carbocycles. The Morgan fingerprint density at radius 1 is 1.22 bits per heavy atom. The molecule has 1 rings (SSSR count). The molecule has 0 saturated carbocycles. The molecule has 0 spiro atoms. The van der Waals surface area contributed by atoms with Gasteiger partial charge in [-0.3, -0.25) is 14.5 Å². The zero-order valence-corrected chi connectivity index (χ0v) is 14.3. The fourth-order valence-corrected chi connectivity index (χ4v) is 2.06. The van der Waals surface area contributed by atoms with Gasteiger partial charge in [-0.25, -0.2) is 4.39 Å². The lowest BCUT2D eigenvalue weighted by Gasteiger charge is -2.20. The zero-order chi connectivity index (χ0) is 17.4. The number of nitrogens with zero attached hydrogens (tertiary/aromatic N) is 1. The van der Waals surface area contributed by atoms with Gasteiger partial charge >= 0.3 is 0 Å². The number of benzene rings is 1. The molecule has 0 unspecified atom stereocenters. The largest absolute Gasteiger partial charge is 0.353 e. The van der Waals surface area contributed by atoms with Gasteiger partial charge in [0.05, 0.1) is 13.1 Å². The molecule has 0 heterocycles. The summed E-state index contributed by atoms with van der Waals surface area (Å²) in [4.78, 5) is 25.4. The normalized spacial score (nSPS) is 10.9. The van der Waals surface area contributed by atoms with Crippen molar-refractivity contribution in [1.29, 1.82) is 0 Å². The van der Waals surface area contributed by atoms with Crippen LogP contribution in [0.1, 0.15) is 31.9 Å².